The molecule has 0 N–H and O–H groups in total. The smallest absolute Gasteiger partial charge is 0.464 e. The average Bonchev–Trinajstić information content (AvgIpc) is 3.51. The molecule has 1 aromatic heterocycles. The Morgan fingerprint density at radius 1 is 0.960 bits per heavy atom. The molecule has 2 heterocycles. The van der Waals surface area contributed by atoms with Crippen LogP contribution in [0.2, 0.25) is 10.0 Å². The van der Waals surface area contributed by atoms with Crippen molar-refractivity contribution in [1.82, 2.24) is 4.90 Å². The van der Waals surface area contributed by atoms with Crippen molar-refractivity contribution in [3.8, 4) is 0 Å². The summed E-state index contributed by atoms with van der Waals surface area (Å²) in [6, 6.07) is 14.7. The molecule has 1 unspecified atom stereocenters. The maximum Gasteiger partial charge on any atom is 0.511 e. The Hall–Kier alpha value is -4.39. The quantitative estimate of drug-likeness (QED) is 0.0876. The third kappa shape index (κ3) is 8.66. The van der Waals surface area contributed by atoms with Crippen LogP contribution in [-0.2, 0) is 48.2 Å². The van der Waals surface area contributed by atoms with Gasteiger partial charge in [0, 0.05) is 43.6 Å². The van der Waals surface area contributed by atoms with Crippen molar-refractivity contribution in [3.05, 3.63) is 98.7 Å². The summed E-state index contributed by atoms with van der Waals surface area (Å²) in [5.41, 5.74) is 2.88. The molecular formula is C36H35Cl2NO10S. The highest BCUT2D eigenvalue weighted by molar-refractivity contribution is 7.90. The minimum absolute atomic E-state index is 0.0163. The molecule has 264 valence electrons. The van der Waals surface area contributed by atoms with Crippen LogP contribution in [0.15, 0.2) is 70.2 Å². The monoisotopic (exact) mass is 743 g/mol. The number of esters is 1. The lowest BCUT2D eigenvalue weighted by molar-refractivity contribution is -0.173. The first-order valence-electron chi connectivity index (χ1n) is 15.8. The summed E-state index contributed by atoms with van der Waals surface area (Å²) in [6.07, 6.45) is -0.387. The number of furan rings is 1. The normalized spacial score (nSPS) is 14.2. The van der Waals surface area contributed by atoms with Crippen molar-refractivity contribution in [2.45, 2.75) is 63.9 Å². The summed E-state index contributed by atoms with van der Waals surface area (Å²) in [5, 5.41) is 1.05. The van der Waals surface area contributed by atoms with Gasteiger partial charge in [0.05, 0.1) is 38.8 Å². The second kappa shape index (κ2) is 15.2. The van der Waals surface area contributed by atoms with Crippen molar-refractivity contribution in [2.24, 2.45) is 5.92 Å². The summed E-state index contributed by atoms with van der Waals surface area (Å²) in [6.45, 7) is 5.11. The Balaban J connectivity index is 1.37. The number of Topliss-reactive ketones (excluding diaryl/α,β-unsaturated/α-hetero) is 1. The molecule has 0 saturated heterocycles. The van der Waals surface area contributed by atoms with Crippen LogP contribution >= 0.6 is 23.2 Å². The Morgan fingerprint density at radius 3 is 2.44 bits per heavy atom. The van der Waals surface area contributed by atoms with E-state index in [-0.39, 0.29) is 39.4 Å². The molecule has 0 radical (unpaired) electrons. The molecule has 0 saturated carbocycles. The van der Waals surface area contributed by atoms with E-state index < -0.39 is 52.5 Å². The van der Waals surface area contributed by atoms with Crippen molar-refractivity contribution >= 4 is 67.8 Å². The van der Waals surface area contributed by atoms with Gasteiger partial charge in [-0.3, -0.25) is 14.4 Å². The Labute approximate surface area is 299 Å². The van der Waals surface area contributed by atoms with Gasteiger partial charge in [0.1, 0.15) is 5.58 Å². The predicted molar refractivity (Wildman–Crippen MR) is 185 cm³/mol. The van der Waals surface area contributed by atoms with E-state index in [1.54, 1.807) is 49.3 Å². The predicted octanol–water partition coefficient (Wildman–Crippen LogP) is 7.22. The molecule has 0 aliphatic carbocycles. The number of amides is 1. The Bertz CT molecular complexity index is 2070. The third-order valence-electron chi connectivity index (χ3n) is 8.12. The highest BCUT2D eigenvalue weighted by Crippen LogP contribution is 2.37. The number of fused-ring (bicyclic) bond motifs is 2. The van der Waals surface area contributed by atoms with E-state index >= 15 is 0 Å². The van der Waals surface area contributed by atoms with E-state index in [9.17, 15) is 27.6 Å². The summed E-state index contributed by atoms with van der Waals surface area (Å²) >= 11 is 13.5. The summed E-state index contributed by atoms with van der Waals surface area (Å²) in [7, 11) is -3.56. The van der Waals surface area contributed by atoms with Gasteiger partial charge in [0.25, 0.3) is 5.91 Å². The fourth-order valence-corrected chi connectivity index (χ4v) is 7.24. The van der Waals surface area contributed by atoms with Gasteiger partial charge in [-0.1, -0.05) is 41.4 Å². The topological polar surface area (TPSA) is 146 Å². The number of ether oxygens (including phenoxy) is 3. The fourth-order valence-electron chi connectivity index (χ4n) is 5.74. The lowest BCUT2D eigenvalue weighted by Gasteiger charge is -2.30. The number of rotatable bonds is 11. The van der Waals surface area contributed by atoms with Gasteiger partial charge < -0.3 is 23.5 Å². The maximum absolute atomic E-state index is 13.9. The maximum atomic E-state index is 13.9. The molecule has 1 aliphatic rings. The first-order valence-corrected chi connectivity index (χ1v) is 18.4. The van der Waals surface area contributed by atoms with Gasteiger partial charge >= 0.3 is 12.1 Å². The van der Waals surface area contributed by atoms with Gasteiger partial charge in [-0.15, -0.1) is 0 Å². The molecule has 1 amide bonds. The SMILES string of the molecule is CC(C)OC(=O)OC(C)OC(=O)[C@@H](CC(=O)c1c(Cl)cc2c(c1Cl)CCN(C(=O)c1ccc3ccoc3c1)C2)Cc1cccc(S(C)(=O)=O)c1. The molecule has 4 aromatic rings. The fraction of sp³-hybridized carbons (Fsp3) is 0.333. The largest absolute Gasteiger partial charge is 0.511 e. The number of hydrogen-bond donors (Lipinski definition) is 0. The van der Waals surface area contributed by atoms with E-state index in [1.165, 1.54) is 25.1 Å². The number of hydrogen-bond acceptors (Lipinski definition) is 10. The van der Waals surface area contributed by atoms with Crippen LogP contribution in [0, 0.1) is 5.92 Å². The summed E-state index contributed by atoms with van der Waals surface area (Å²) in [5.74, 6) is -2.77. The number of sulfone groups is 1. The van der Waals surface area contributed by atoms with Crippen LogP contribution in [0.5, 0.6) is 0 Å². The summed E-state index contributed by atoms with van der Waals surface area (Å²) in [4.78, 5) is 54.4. The summed E-state index contributed by atoms with van der Waals surface area (Å²) < 4.78 is 45.1. The van der Waals surface area contributed by atoms with Crippen LogP contribution < -0.4 is 0 Å². The zero-order valence-electron chi connectivity index (χ0n) is 27.7. The number of nitrogens with zero attached hydrogens (tertiary/aromatic N) is 1. The van der Waals surface area contributed by atoms with E-state index in [2.05, 4.69) is 0 Å². The Morgan fingerprint density at radius 2 is 1.72 bits per heavy atom. The highest BCUT2D eigenvalue weighted by Gasteiger charge is 2.32. The van der Waals surface area contributed by atoms with Crippen molar-refractivity contribution in [1.29, 1.82) is 0 Å². The van der Waals surface area contributed by atoms with Crippen LogP contribution in [0.3, 0.4) is 0 Å². The molecule has 1 aliphatic heterocycles. The van der Waals surface area contributed by atoms with Crippen molar-refractivity contribution in [2.75, 3.05) is 12.8 Å². The van der Waals surface area contributed by atoms with Gasteiger partial charge in [0.15, 0.2) is 15.6 Å². The number of carbonyl (C=O) groups is 4. The Kier molecular flexibility index (Phi) is 11.2. The number of carbonyl (C=O) groups excluding carboxylic acids is 4. The molecule has 3 aromatic carbocycles. The minimum Gasteiger partial charge on any atom is -0.464 e. The molecule has 2 atom stereocenters. The molecule has 5 rings (SSSR count). The standard InChI is InChI=1S/C36H35Cl2NO10S/c1-20(2)47-36(43)49-21(3)48-35(42)25(14-22-6-5-7-27(15-22)50(4,44)45)17-30(40)32-29(37)16-26-19-39(12-10-28(26)33(32)38)34(41)24-9-8-23-11-13-46-31(23)18-24/h5-9,11,13,15-16,18,20-21,25H,10,12,14,17,19H2,1-4H3/t21?,25-/m1/s1. The lowest BCUT2D eigenvalue weighted by Crippen LogP contribution is -2.36. The number of ketones is 1. The van der Waals surface area contributed by atoms with E-state index in [4.69, 9.17) is 41.8 Å². The molecular weight excluding hydrogens is 709 g/mol. The van der Waals surface area contributed by atoms with E-state index in [0.717, 1.165) is 11.6 Å². The van der Waals surface area contributed by atoms with E-state index in [0.29, 0.717) is 40.8 Å². The van der Waals surface area contributed by atoms with Crippen LogP contribution in [0.1, 0.15) is 64.6 Å². The molecule has 14 heteroatoms. The van der Waals surface area contributed by atoms with Crippen molar-refractivity contribution in [3.63, 3.8) is 0 Å². The number of benzene rings is 3. The third-order valence-corrected chi connectivity index (χ3v) is 9.95. The number of halogens is 2. The first-order chi connectivity index (χ1) is 23.6. The van der Waals surface area contributed by atoms with Gasteiger partial charge in [-0.2, -0.15) is 0 Å². The zero-order chi connectivity index (χ0) is 36.3. The van der Waals surface area contributed by atoms with Crippen LogP contribution in [-0.4, -0.2) is 62.3 Å². The molecule has 50 heavy (non-hydrogen) atoms. The van der Waals surface area contributed by atoms with E-state index in [1.807, 2.05) is 12.1 Å². The van der Waals surface area contributed by atoms with Gasteiger partial charge in [0.2, 0.25) is 6.29 Å². The second-order valence-corrected chi connectivity index (χ2v) is 15.1. The van der Waals surface area contributed by atoms with Crippen LogP contribution in [0.4, 0.5) is 4.79 Å². The first kappa shape index (κ1) is 36.9. The minimum atomic E-state index is -3.56. The highest BCUT2D eigenvalue weighted by atomic mass is 35.5. The molecule has 0 spiro atoms. The second-order valence-electron chi connectivity index (χ2n) is 12.3. The average molecular weight is 745 g/mol. The van der Waals surface area contributed by atoms with Gasteiger partial charge in [-0.05, 0) is 79.8 Å². The zero-order valence-corrected chi connectivity index (χ0v) is 30.1. The van der Waals surface area contributed by atoms with Crippen molar-refractivity contribution < 1.29 is 46.2 Å². The van der Waals surface area contributed by atoms with Gasteiger partial charge in [-0.25, -0.2) is 13.2 Å². The molecule has 0 bridgehead atoms. The molecule has 11 nitrogen and oxygen atoms in total. The molecule has 0 fully saturated rings. The van der Waals surface area contributed by atoms with Crippen LogP contribution in [0.25, 0.3) is 11.0 Å². The lowest BCUT2D eigenvalue weighted by atomic mass is 9.89.